The number of imide groups is 1. The lowest BCUT2D eigenvalue weighted by Gasteiger charge is -2.24. The van der Waals surface area contributed by atoms with Crippen molar-refractivity contribution >= 4 is 23.6 Å². The van der Waals surface area contributed by atoms with Gasteiger partial charge in [0.05, 0.1) is 32.5 Å². The molecule has 1 saturated heterocycles. The molecular weight excluding hydrogens is 400 g/mol. The Morgan fingerprint density at radius 2 is 1.84 bits per heavy atom. The van der Waals surface area contributed by atoms with Crippen molar-refractivity contribution < 1.29 is 23.9 Å². The van der Waals surface area contributed by atoms with Gasteiger partial charge in [0.1, 0.15) is 6.54 Å². The molecule has 0 spiro atoms. The highest BCUT2D eigenvalue weighted by Gasteiger charge is 2.37. The topological polar surface area (TPSA) is 101 Å². The van der Waals surface area contributed by atoms with E-state index in [-0.39, 0.29) is 13.1 Å². The predicted octanol–water partition coefficient (Wildman–Crippen LogP) is 1.93. The summed E-state index contributed by atoms with van der Waals surface area (Å²) in [5.41, 5.74) is 2.45. The zero-order valence-corrected chi connectivity index (χ0v) is 17.2. The SMILES string of the molecule is COc1ccc(C2CC(c3ccccc3)=NN2C(=O)CN2C(=O)CNC2=O)cc1OC. The Labute approximate surface area is 179 Å². The molecule has 0 radical (unpaired) electrons. The Hall–Kier alpha value is -3.88. The van der Waals surface area contributed by atoms with Gasteiger partial charge in [-0.3, -0.25) is 14.5 Å². The van der Waals surface area contributed by atoms with Crippen LogP contribution >= 0.6 is 0 Å². The number of carbonyl (C=O) groups excluding carboxylic acids is 3. The molecule has 4 amide bonds. The number of nitrogens with one attached hydrogen (secondary N) is 1. The number of ether oxygens (including phenoxy) is 2. The Bertz CT molecular complexity index is 1040. The van der Waals surface area contributed by atoms with Gasteiger partial charge in [-0.05, 0) is 23.3 Å². The number of benzene rings is 2. The average Bonchev–Trinajstić information content (AvgIpc) is 3.38. The standard InChI is InChI=1S/C22H22N4O5/c1-30-18-9-8-15(10-19(18)31-2)17-11-16(14-6-4-3-5-7-14)24-26(17)21(28)13-25-20(27)12-23-22(25)29/h3-10,17H,11-13H2,1-2H3,(H,23,29). The molecule has 0 aromatic heterocycles. The van der Waals surface area contributed by atoms with E-state index in [4.69, 9.17) is 9.47 Å². The molecule has 2 aliphatic heterocycles. The third-order valence-electron chi connectivity index (χ3n) is 5.30. The minimum Gasteiger partial charge on any atom is -0.493 e. The van der Waals surface area contributed by atoms with Crippen molar-refractivity contribution in [1.29, 1.82) is 0 Å². The molecule has 9 nitrogen and oxygen atoms in total. The smallest absolute Gasteiger partial charge is 0.325 e. The molecule has 31 heavy (non-hydrogen) atoms. The molecule has 1 fully saturated rings. The zero-order valence-electron chi connectivity index (χ0n) is 17.2. The monoisotopic (exact) mass is 422 g/mol. The Kier molecular flexibility index (Phi) is 5.57. The quantitative estimate of drug-likeness (QED) is 0.717. The lowest BCUT2D eigenvalue weighted by atomic mass is 9.98. The number of methoxy groups -OCH3 is 2. The largest absolute Gasteiger partial charge is 0.493 e. The van der Waals surface area contributed by atoms with Gasteiger partial charge in [0, 0.05) is 6.42 Å². The summed E-state index contributed by atoms with van der Waals surface area (Å²) in [6.07, 6.45) is 0.478. The summed E-state index contributed by atoms with van der Waals surface area (Å²) in [5, 5.41) is 8.34. The number of amides is 4. The third-order valence-corrected chi connectivity index (χ3v) is 5.30. The maximum atomic E-state index is 13.1. The Morgan fingerprint density at radius 3 is 2.48 bits per heavy atom. The van der Waals surface area contributed by atoms with Gasteiger partial charge in [0.2, 0.25) is 0 Å². The van der Waals surface area contributed by atoms with Crippen LogP contribution in [0.4, 0.5) is 4.79 Å². The first kappa shape index (κ1) is 20.4. The average molecular weight is 422 g/mol. The molecule has 0 bridgehead atoms. The minimum absolute atomic E-state index is 0.107. The summed E-state index contributed by atoms with van der Waals surface area (Å²) < 4.78 is 10.7. The van der Waals surface area contributed by atoms with Gasteiger partial charge >= 0.3 is 6.03 Å². The number of hydrazone groups is 1. The fraction of sp³-hybridized carbons (Fsp3) is 0.273. The van der Waals surface area contributed by atoms with Gasteiger partial charge < -0.3 is 14.8 Å². The molecule has 0 saturated carbocycles. The van der Waals surface area contributed by atoms with E-state index in [1.807, 2.05) is 36.4 Å². The van der Waals surface area contributed by atoms with E-state index >= 15 is 0 Å². The van der Waals surface area contributed by atoms with Crippen LogP contribution in [0.1, 0.15) is 23.6 Å². The molecule has 160 valence electrons. The number of hydrogen-bond donors (Lipinski definition) is 1. The summed E-state index contributed by atoms with van der Waals surface area (Å²) in [7, 11) is 3.10. The molecule has 4 rings (SSSR count). The van der Waals surface area contributed by atoms with Gasteiger partial charge in [-0.25, -0.2) is 9.80 Å². The molecule has 2 aliphatic rings. The van der Waals surface area contributed by atoms with Gasteiger partial charge in [-0.15, -0.1) is 0 Å². The summed E-state index contributed by atoms with van der Waals surface area (Å²) in [6, 6.07) is 14.0. The zero-order chi connectivity index (χ0) is 22.0. The first-order chi connectivity index (χ1) is 15.0. The molecule has 1 N–H and O–H groups in total. The maximum Gasteiger partial charge on any atom is 0.325 e. The third kappa shape index (κ3) is 3.94. The van der Waals surface area contributed by atoms with Crippen molar-refractivity contribution in [2.24, 2.45) is 5.10 Å². The van der Waals surface area contributed by atoms with Gasteiger partial charge in [-0.2, -0.15) is 5.10 Å². The van der Waals surface area contributed by atoms with E-state index < -0.39 is 23.9 Å². The highest BCUT2D eigenvalue weighted by Crippen LogP contribution is 2.37. The molecule has 1 unspecified atom stereocenters. The van der Waals surface area contributed by atoms with Crippen LogP contribution < -0.4 is 14.8 Å². The van der Waals surface area contributed by atoms with Crippen LogP contribution in [0.3, 0.4) is 0 Å². The van der Waals surface area contributed by atoms with Crippen LogP contribution in [0.25, 0.3) is 0 Å². The molecular formula is C22H22N4O5. The van der Waals surface area contributed by atoms with Crippen molar-refractivity contribution in [2.45, 2.75) is 12.5 Å². The summed E-state index contributed by atoms with van der Waals surface area (Å²) in [6.45, 7) is -0.482. The van der Waals surface area contributed by atoms with E-state index in [2.05, 4.69) is 10.4 Å². The number of rotatable bonds is 6. The minimum atomic E-state index is -0.576. The second-order valence-corrected chi connectivity index (χ2v) is 7.12. The van der Waals surface area contributed by atoms with E-state index in [1.54, 1.807) is 26.4 Å². The molecule has 0 aliphatic carbocycles. The highest BCUT2D eigenvalue weighted by atomic mass is 16.5. The molecule has 2 aromatic rings. The van der Waals surface area contributed by atoms with Crippen LogP contribution in [-0.2, 0) is 9.59 Å². The van der Waals surface area contributed by atoms with Crippen molar-refractivity contribution in [3.63, 3.8) is 0 Å². The van der Waals surface area contributed by atoms with Crippen LogP contribution in [-0.4, -0.2) is 60.8 Å². The highest BCUT2D eigenvalue weighted by molar-refractivity contribution is 6.06. The van der Waals surface area contributed by atoms with Gasteiger partial charge in [0.15, 0.2) is 11.5 Å². The second kappa shape index (κ2) is 8.47. The maximum absolute atomic E-state index is 13.1. The Morgan fingerprint density at radius 1 is 1.10 bits per heavy atom. The molecule has 2 heterocycles. The van der Waals surface area contributed by atoms with Crippen molar-refractivity contribution in [2.75, 3.05) is 27.3 Å². The summed E-state index contributed by atoms with van der Waals surface area (Å²) >= 11 is 0. The fourth-order valence-corrected chi connectivity index (χ4v) is 3.69. The number of carbonyl (C=O) groups is 3. The number of nitrogens with zero attached hydrogens (tertiary/aromatic N) is 3. The van der Waals surface area contributed by atoms with Crippen LogP contribution in [0.15, 0.2) is 53.6 Å². The second-order valence-electron chi connectivity index (χ2n) is 7.12. The fourth-order valence-electron chi connectivity index (χ4n) is 3.69. The normalized spacial score (nSPS) is 18.1. The molecule has 2 aromatic carbocycles. The van der Waals surface area contributed by atoms with E-state index in [0.29, 0.717) is 17.9 Å². The lowest BCUT2D eigenvalue weighted by Crippen LogP contribution is -2.41. The molecule has 1 atom stereocenters. The van der Waals surface area contributed by atoms with Crippen LogP contribution in [0, 0.1) is 0 Å². The van der Waals surface area contributed by atoms with Gasteiger partial charge in [0.25, 0.3) is 11.8 Å². The summed E-state index contributed by atoms with van der Waals surface area (Å²) in [5.74, 6) is 0.226. The Balaban J connectivity index is 1.67. The van der Waals surface area contributed by atoms with E-state index in [0.717, 1.165) is 21.7 Å². The number of hydrogen-bond acceptors (Lipinski definition) is 6. The van der Waals surface area contributed by atoms with E-state index in [1.165, 1.54) is 5.01 Å². The first-order valence-corrected chi connectivity index (χ1v) is 9.77. The van der Waals surface area contributed by atoms with Crippen LogP contribution in [0.5, 0.6) is 11.5 Å². The predicted molar refractivity (Wildman–Crippen MR) is 112 cm³/mol. The van der Waals surface area contributed by atoms with E-state index in [9.17, 15) is 14.4 Å². The van der Waals surface area contributed by atoms with Crippen LogP contribution in [0.2, 0.25) is 0 Å². The van der Waals surface area contributed by atoms with Crippen molar-refractivity contribution in [3.8, 4) is 11.5 Å². The van der Waals surface area contributed by atoms with Crippen molar-refractivity contribution in [1.82, 2.24) is 15.2 Å². The van der Waals surface area contributed by atoms with Gasteiger partial charge in [-0.1, -0.05) is 36.4 Å². The first-order valence-electron chi connectivity index (χ1n) is 9.77. The summed E-state index contributed by atoms with van der Waals surface area (Å²) in [4.78, 5) is 37.8. The number of urea groups is 1. The van der Waals surface area contributed by atoms with Crippen molar-refractivity contribution in [3.05, 3.63) is 59.7 Å². The lowest BCUT2D eigenvalue weighted by molar-refractivity contribution is -0.137. The molecule has 9 heteroatoms.